The van der Waals surface area contributed by atoms with Gasteiger partial charge in [-0.25, -0.2) is 0 Å². The topological polar surface area (TPSA) is 23.6 Å². The fourth-order valence-corrected chi connectivity index (χ4v) is 5.47. The van der Waals surface area contributed by atoms with Gasteiger partial charge in [0.15, 0.2) is 0 Å². The van der Waals surface area contributed by atoms with Crippen molar-refractivity contribution >= 4 is 29.4 Å². The molecule has 0 aromatic heterocycles. The number of likely N-dealkylation sites (tertiary alicyclic amines) is 1. The van der Waals surface area contributed by atoms with E-state index >= 15 is 0 Å². The van der Waals surface area contributed by atoms with E-state index in [1.807, 2.05) is 23.5 Å². The lowest BCUT2D eigenvalue weighted by Crippen LogP contribution is -2.48. The number of thioether (sulfide) groups is 2. The molecule has 0 spiro atoms. The molecular weight excluding hydrogens is 312 g/mol. The van der Waals surface area contributed by atoms with Crippen LogP contribution in [-0.4, -0.2) is 58.8 Å². The van der Waals surface area contributed by atoms with E-state index in [0.717, 1.165) is 37.6 Å². The first kappa shape index (κ1) is 16.2. The molecule has 1 amide bonds. The van der Waals surface area contributed by atoms with Crippen LogP contribution in [0.15, 0.2) is 29.2 Å². The quantitative estimate of drug-likeness (QED) is 0.846. The Hall–Kier alpha value is -0.650. The van der Waals surface area contributed by atoms with E-state index in [2.05, 4.69) is 48.0 Å². The molecule has 0 saturated carbocycles. The molecule has 2 heterocycles. The monoisotopic (exact) mass is 336 g/mol. The Morgan fingerprint density at radius 2 is 2.00 bits per heavy atom. The van der Waals surface area contributed by atoms with E-state index < -0.39 is 0 Å². The molecule has 1 aromatic carbocycles. The Balaban J connectivity index is 1.52. The normalized spacial score (nSPS) is 23.9. The maximum absolute atomic E-state index is 12.6. The summed E-state index contributed by atoms with van der Waals surface area (Å²) in [4.78, 5) is 18.2. The summed E-state index contributed by atoms with van der Waals surface area (Å²) in [6.45, 7) is 4.00. The number of amides is 1. The van der Waals surface area contributed by atoms with Crippen LogP contribution in [0.2, 0.25) is 0 Å². The van der Waals surface area contributed by atoms with Crippen LogP contribution in [-0.2, 0) is 4.79 Å². The number of hydrogen-bond acceptors (Lipinski definition) is 4. The number of hydrogen-bond donors (Lipinski definition) is 0. The van der Waals surface area contributed by atoms with Gasteiger partial charge in [0.2, 0.25) is 5.91 Å². The molecule has 1 aromatic rings. The van der Waals surface area contributed by atoms with E-state index in [1.54, 1.807) is 0 Å². The van der Waals surface area contributed by atoms with E-state index in [0.29, 0.717) is 11.2 Å². The lowest BCUT2D eigenvalue weighted by Gasteiger charge is -2.34. The molecule has 22 heavy (non-hydrogen) atoms. The predicted molar refractivity (Wildman–Crippen MR) is 95.5 cm³/mol. The van der Waals surface area contributed by atoms with Crippen molar-refractivity contribution in [2.75, 3.05) is 31.8 Å². The van der Waals surface area contributed by atoms with Crippen LogP contribution in [0.5, 0.6) is 0 Å². The van der Waals surface area contributed by atoms with Gasteiger partial charge >= 0.3 is 0 Å². The number of likely N-dealkylation sites (N-methyl/N-ethyl adjacent to an activating group) is 1. The van der Waals surface area contributed by atoms with Crippen molar-refractivity contribution < 1.29 is 4.79 Å². The molecule has 0 unspecified atom stereocenters. The van der Waals surface area contributed by atoms with Crippen molar-refractivity contribution in [3.8, 4) is 0 Å². The average molecular weight is 337 g/mol. The smallest absolute Gasteiger partial charge is 0.240 e. The van der Waals surface area contributed by atoms with Crippen LogP contribution in [0.4, 0.5) is 0 Å². The first-order valence-electron chi connectivity index (χ1n) is 7.94. The highest BCUT2D eigenvalue weighted by molar-refractivity contribution is 8.00. The first-order valence-corrected chi connectivity index (χ1v) is 9.97. The molecular formula is C17H24N2OS2. The average Bonchev–Trinajstić information content (AvgIpc) is 2.96. The Labute approximate surface area is 141 Å². The molecule has 2 saturated heterocycles. The standard InChI is InChI=1S/C17H24N2OS2/c1-13-5-3-4-6-16(13)22-14-7-9-19(10-8-14)17(20)15-11-21-12-18(15)2/h3-6,14-15H,7-12H2,1-2H3/t15-/m0/s1. The Morgan fingerprint density at radius 1 is 1.27 bits per heavy atom. The lowest BCUT2D eigenvalue weighted by molar-refractivity contribution is -0.135. The van der Waals surface area contributed by atoms with Crippen molar-refractivity contribution in [2.45, 2.75) is 36.0 Å². The molecule has 0 N–H and O–H groups in total. The van der Waals surface area contributed by atoms with Crippen molar-refractivity contribution in [3.63, 3.8) is 0 Å². The van der Waals surface area contributed by atoms with Crippen molar-refractivity contribution in [1.82, 2.24) is 9.80 Å². The third kappa shape index (κ3) is 3.63. The predicted octanol–water partition coefficient (Wildman–Crippen LogP) is 3.08. The Morgan fingerprint density at radius 3 is 2.64 bits per heavy atom. The van der Waals surface area contributed by atoms with Gasteiger partial charge in [-0.2, -0.15) is 0 Å². The number of carbonyl (C=O) groups excluding carboxylic acids is 1. The van der Waals surface area contributed by atoms with Crippen LogP contribution < -0.4 is 0 Å². The maximum Gasteiger partial charge on any atom is 0.240 e. The maximum atomic E-state index is 12.6. The van der Waals surface area contributed by atoms with E-state index in [9.17, 15) is 4.79 Å². The zero-order valence-electron chi connectivity index (χ0n) is 13.3. The van der Waals surface area contributed by atoms with Gasteiger partial charge in [-0.15, -0.1) is 23.5 Å². The minimum Gasteiger partial charge on any atom is -0.341 e. The highest BCUT2D eigenvalue weighted by atomic mass is 32.2. The largest absolute Gasteiger partial charge is 0.341 e. The molecule has 3 nitrogen and oxygen atoms in total. The number of aryl methyl sites for hydroxylation is 1. The summed E-state index contributed by atoms with van der Waals surface area (Å²) in [5.41, 5.74) is 1.36. The fraction of sp³-hybridized carbons (Fsp3) is 0.588. The van der Waals surface area contributed by atoms with Crippen LogP contribution in [0, 0.1) is 6.92 Å². The van der Waals surface area contributed by atoms with Crippen molar-refractivity contribution in [1.29, 1.82) is 0 Å². The SMILES string of the molecule is Cc1ccccc1SC1CCN(C(=O)[C@@H]2CSCN2C)CC1. The van der Waals surface area contributed by atoms with Gasteiger partial charge in [-0.1, -0.05) is 18.2 Å². The number of benzene rings is 1. The zero-order chi connectivity index (χ0) is 15.5. The molecule has 2 fully saturated rings. The summed E-state index contributed by atoms with van der Waals surface area (Å²) in [5, 5.41) is 0.640. The van der Waals surface area contributed by atoms with E-state index in [4.69, 9.17) is 0 Å². The summed E-state index contributed by atoms with van der Waals surface area (Å²) in [6, 6.07) is 8.69. The van der Waals surface area contributed by atoms with Crippen molar-refractivity contribution in [3.05, 3.63) is 29.8 Å². The van der Waals surface area contributed by atoms with Gasteiger partial charge in [0.25, 0.3) is 0 Å². The zero-order valence-corrected chi connectivity index (χ0v) is 15.0. The minimum atomic E-state index is 0.102. The van der Waals surface area contributed by atoms with Gasteiger partial charge in [0.05, 0.1) is 6.04 Å². The molecule has 1 atom stereocenters. The van der Waals surface area contributed by atoms with Gasteiger partial charge in [-0.3, -0.25) is 9.69 Å². The second-order valence-electron chi connectivity index (χ2n) is 6.18. The summed E-state index contributed by atoms with van der Waals surface area (Å²) in [6.07, 6.45) is 2.21. The molecule has 3 rings (SSSR count). The first-order chi connectivity index (χ1) is 10.6. The van der Waals surface area contributed by atoms with Gasteiger partial charge in [-0.05, 0) is 38.4 Å². The number of nitrogens with zero attached hydrogens (tertiary/aromatic N) is 2. The van der Waals surface area contributed by atoms with Crippen LogP contribution in [0.1, 0.15) is 18.4 Å². The van der Waals surface area contributed by atoms with E-state index in [-0.39, 0.29) is 6.04 Å². The molecule has 0 radical (unpaired) electrons. The highest BCUT2D eigenvalue weighted by Gasteiger charge is 2.33. The third-order valence-corrected chi connectivity index (χ3v) is 7.19. The molecule has 120 valence electrons. The number of rotatable bonds is 3. The third-order valence-electron chi connectivity index (χ3n) is 4.53. The summed E-state index contributed by atoms with van der Waals surface area (Å²) in [5.74, 6) is 2.27. The second kappa shape index (κ2) is 7.28. The Bertz CT molecular complexity index is 529. The van der Waals surface area contributed by atoms with Gasteiger partial charge in [0, 0.05) is 34.9 Å². The van der Waals surface area contributed by atoms with Gasteiger partial charge < -0.3 is 4.90 Å². The van der Waals surface area contributed by atoms with Crippen LogP contribution >= 0.6 is 23.5 Å². The van der Waals surface area contributed by atoms with Crippen LogP contribution in [0.3, 0.4) is 0 Å². The lowest BCUT2D eigenvalue weighted by atomic mass is 10.1. The molecule has 2 aliphatic heterocycles. The second-order valence-corrected chi connectivity index (χ2v) is 8.52. The Kier molecular flexibility index (Phi) is 5.37. The number of carbonyl (C=O) groups is 1. The molecule has 0 bridgehead atoms. The molecule has 5 heteroatoms. The van der Waals surface area contributed by atoms with Crippen molar-refractivity contribution in [2.24, 2.45) is 0 Å². The van der Waals surface area contributed by atoms with Crippen LogP contribution in [0.25, 0.3) is 0 Å². The fourth-order valence-electron chi connectivity index (χ4n) is 3.06. The minimum absolute atomic E-state index is 0.102. The molecule has 0 aliphatic carbocycles. The summed E-state index contributed by atoms with van der Waals surface area (Å²) >= 11 is 3.85. The summed E-state index contributed by atoms with van der Waals surface area (Å²) < 4.78 is 0. The highest BCUT2D eigenvalue weighted by Crippen LogP contribution is 2.32. The van der Waals surface area contributed by atoms with Gasteiger partial charge in [0.1, 0.15) is 0 Å². The number of piperidine rings is 1. The van der Waals surface area contributed by atoms with E-state index in [1.165, 1.54) is 10.5 Å². The molecule has 2 aliphatic rings. The summed E-state index contributed by atoms with van der Waals surface area (Å²) in [7, 11) is 2.06.